The monoisotopic (exact) mass is 313 g/mol. The van der Waals surface area contributed by atoms with Gasteiger partial charge in [0.15, 0.2) is 0 Å². The minimum absolute atomic E-state index is 0.141. The first-order valence-corrected chi connectivity index (χ1v) is 7.50. The number of carbonyl (C=O) groups is 1. The second-order valence-corrected chi connectivity index (χ2v) is 5.47. The number of fused-ring (bicyclic) bond motifs is 1. The van der Waals surface area contributed by atoms with Crippen LogP contribution < -0.4 is 11.0 Å². The zero-order chi connectivity index (χ0) is 16.4. The number of benzene rings is 1. The van der Waals surface area contributed by atoms with Crippen LogP contribution in [-0.2, 0) is 20.5 Å². The fraction of sp³-hybridized carbons (Fsp3) is 0.312. The number of nitrogens with zero attached hydrogens (tertiary/aromatic N) is 3. The van der Waals surface area contributed by atoms with Crippen molar-refractivity contribution in [1.82, 2.24) is 24.4 Å². The van der Waals surface area contributed by atoms with Crippen molar-refractivity contribution in [3.63, 3.8) is 0 Å². The molecule has 2 aromatic heterocycles. The first-order valence-electron chi connectivity index (χ1n) is 7.50. The van der Waals surface area contributed by atoms with E-state index in [1.165, 1.54) is 4.57 Å². The third-order valence-corrected chi connectivity index (χ3v) is 3.96. The molecule has 0 bridgehead atoms. The van der Waals surface area contributed by atoms with Crippen LogP contribution in [0.25, 0.3) is 11.0 Å². The standard InChI is InChI=1S/C16H19N5O2/c1-20-12-6-3-5-11(14(12)21(2)16(20)23)15(22)19-8-4-7-13-17-9-10-18-13/h3,5-6,9-10H,4,7-8H2,1-2H3,(H,17,18)(H,19,22). The van der Waals surface area contributed by atoms with Gasteiger partial charge in [0, 0.05) is 39.5 Å². The van der Waals surface area contributed by atoms with Crippen LogP contribution in [-0.4, -0.2) is 31.6 Å². The van der Waals surface area contributed by atoms with Crippen molar-refractivity contribution < 1.29 is 4.79 Å². The summed E-state index contributed by atoms with van der Waals surface area (Å²) in [5.74, 6) is 0.739. The molecular weight excluding hydrogens is 294 g/mol. The van der Waals surface area contributed by atoms with Crippen LogP contribution in [0.1, 0.15) is 22.6 Å². The van der Waals surface area contributed by atoms with E-state index in [1.807, 2.05) is 6.07 Å². The average molecular weight is 313 g/mol. The lowest BCUT2D eigenvalue weighted by molar-refractivity contribution is 0.0954. The molecule has 2 N–H and O–H groups in total. The van der Waals surface area contributed by atoms with E-state index in [0.29, 0.717) is 17.6 Å². The lowest BCUT2D eigenvalue weighted by atomic mass is 10.1. The van der Waals surface area contributed by atoms with Crippen molar-refractivity contribution in [1.29, 1.82) is 0 Å². The summed E-state index contributed by atoms with van der Waals surface area (Å²) in [6, 6.07) is 5.37. The molecular formula is C16H19N5O2. The number of amides is 1. The zero-order valence-corrected chi connectivity index (χ0v) is 13.2. The predicted octanol–water partition coefficient (Wildman–Crippen LogP) is 0.963. The number of nitrogens with one attached hydrogen (secondary N) is 2. The number of para-hydroxylation sites is 1. The Morgan fingerprint density at radius 2 is 2.13 bits per heavy atom. The van der Waals surface area contributed by atoms with Crippen molar-refractivity contribution in [3.8, 4) is 0 Å². The molecule has 120 valence electrons. The smallest absolute Gasteiger partial charge is 0.328 e. The molecule has 1 amide bonds. The van der Waals surface area contributed by atoms with Crippen LogP contribution in [0.2, 0.25) is 0 Å². The number of rotatable bonds is 5. The number of aryl methyl sites for hydroxylation is 3. The molecule has 23 heavy (non-hydrogen) atoms. The summed E-state index contributed by atoms with van der Waals surface area (Å²) < 4.78 is 3.05. The fourth-order valence-corrected chi connectivity index (χ4v) is 2.75. The van der Waals surface area contributed by atoms with Gasteiger partial charge in [-0.05, 0) is 18.6 Å². The molecule has 0 saturated heterocycles. The van der Waals surface area contributed by atoms with Crippen LogP contribution >= 0.6 is 0 Å². The second kappa shape index (κ2) is 6.12. The normalized spacial score (nSPS) is 11.0. The molecule has 0 spiro atoms. The summed E-state index contributed by atoms with van der Waals surface area (Å²) >= 11 is 0. The molecule has 7 nitrogen and oxygen atoms in total. The van der Waals surface area contributed by atoms with Gasteiger partial charge < -0.3 is 10.3 Å². The number of hydrogen-bond donors (Lipinski definition) is 2. The Balaban J connectivity index is 1.73. The van der Waals surface area contributed by atoms with Gasteiger partial charge in [0.2, 0.25) is 0 Å². The second-order valence-electron chi connectivity index (χ2n) is 5.47. The number of aromatic nitrogens is 4. The van der Waals surface area contributed by atoms with E-state index in [4.69, 9.17) is 0 Å². The molecule has 3 rings (SSSR count). The quantitative estimate of drug-likeness (QED) is 0.688. The average Bonchev–Trinajstić information content (AvgIpc) is 3.15. The summed E-state index contributed by atoms with van der Waals surface area (Å²) in [6.07, 6.45) is 5.07. The van der Waals surface area contributed by atoms with E-state index >= 15 is 0 Å². The van der Waals surface area contributed by atoms with E-state index in [9.17, 15) is 9.59 Å². The highest BCUT2D eigenvalue weighted by molar-refractivity contribution is 6.05. The molecule has 0 aliphatic rings. The minimum Gasteiger partial charge on any atom is -0.352 e. The van der Waals surface area contributed by atoms with E-state index in [-0.39, 0.29) is 11.6 Å². The van der Waals surface area contributed by atoms with E-state index in [2.05, 4.69) is 15.3 Å². The van der Waals surface area contributed by atoms with Gasteiger partial charge in [-0.3, -0.25) is 13.9 Å². The van der Waals surface area contributed by atoms with Gasteiger partial charge in [-0.25, -0.2) is 9.78 Å². The Morgan fingerprint density at radius 3 is 2.87 bits per heavy atom. The van der Waals surface area contributed by atoms with Gasteiger partial charge in [0.05, 0.1) is 16.6 Å². The Morgan fingerprint density at radius 1 is 1.30 bits per heavy atom. The van der Waals surface area contributed by atoms with Gasteiger partial charge in [0.25, 0.3) is 5.91 Å². The van der Waals surface area contributed by atoms with E-state index in [1.54, 1.807) is 43.2 Å². The largest absolute Gasteiger partial charge is 0.352 e. The molecule has 0 unspecified atom stereocenters. The Hall–Kier alpha value is -2.83. The molecule has 7 heteroatoms. The summed E-state index contributed by atoms with van der Waals surface area (Å²) in [6.45, 7) is 0.552. The van der Waals surface area contributed by atoms with E-state index in [0.717, 1.165) is 24.2 Å². The number of carbonyl (C=O) groups excluding carboxylic acids is 1. The summed E-state index contributed by atoms with van der Waals surface area (Å²) in [5, 5.41) is 2.90. The van der Waals surface area contributed by atoms with Gasteiger partial charge in [-0.15, -0.1) is 0 Å². The predicted molar refractivity (Wildman–Crippen MR) is 87.4 cm³/mol. The lowest BCUT2D eigenvalue weighted by Crippen LogP contribution is -2.26. The van der Waals surface area contributed by atoms with Crippen LogP contribution in [0.15, 0.2) is 35.4 Å². The SMILES string of the molecule is Cn1c(=O)n(C)c2c(C(=O)NCCCc3ncc[nH]3)cccc21. The van der Waals surface area contributed by atoms with Crippen molar-refractivity contribution >= 4 is 16.9 Å². The van der Waals surface area contributed by atoms with Crippen molar-refractivity contribution in [2.24, 2.45) is 14.1 Å². The van der Waals surface area contributed by atoms with Gasteiger partial charge in [0.1, 0.15) is 5.82 Å². The number of H-pyrrole nitrogens is 1. The molecule has 0 aliphatic heterocycles. The maximum Gasteiger partial charge on any atom is 0.328 e. The van der Waals surface area contributed by atoms with Crippen LogP contribution in [0.4, 0.5) is 0 Å². The number of aromatic amines is 1. The van der Waals surface area contributed by atoms with Gasteiger partial charge >= 0.3 is 5.69 Å². The molecule has 0 atom stereocenters. The highest BCUT2D eigenvalue weighted by Crippen LogP contribution is 2.16. The molecule has 1 aromatic carbocycles. The third-order valence-electron chi connectivity index (χ3n) is 3.96. The first kappa shape index (κ1) is 15.1. The Labute approximate surface area is 133 Å². The topological polar surface area (TPSA) is 84.7 Å². The first-order chi connectivity index (χ1) is 11.1. The van der Waals surface area contributed by atoms with Gasteiger partial charge in [-0.1, -0.05) is 6.07 Å². The third kappa shape index (κ3) is 2.77. The van der Waals surface area contributed by atoms with E-state index < -0.39 is 0 Å². The molecule has 3 aromatic rings. The summed E-state index contributed by atoms with van der Waals surface area (Å²) in [4.78, 5) is 31.7. The van der Waals surface area contributed by atoms with Gasteiger partial charge in [-0.2, -0.15) is 0 Å². The Kier molecular flexibility index (Phi) is 4.01. The molecule has 0 aliphatic carbocycles. The van der Waals surface area contributed by atoms with Crippen LogP contribution in [0, 0.1) is 0 Å². The molecule has 0 saturated carbocycles. The maximum atomic E-state index is 12.4. The van der Waals surface area contributed by atoms with Crippen LogP contribution in [0.5, 0.6) is 0 Å². The Bertz CT molecular complexity index is 889. The fourth-order valence-electron chi connectivity index (χ4n) is 2.75. The lowest BCUT2D eigenvalue weighted by Gasteiger charge is -2.07. The molecule has 0 radical (unpaired) electrons. The maximum absolute atomic E-state index is 12.4. The van der Waals surface area contributed by atoms with Crippen molar-refractivity contribution in [2.75, 3.05) is 6.54 Å². The summed E-state index contributed by atoms with van der Waals surface area (Å²) in [7, 11) is 3.38. The number of imidazole rings is 2. The molecule has 0 fully saturated rings. The van der Waals surface area contributed by atoms with Crippen molar-refractivity contribution in [3.05, 3.63) is 52.5 Å². The zero-order valence-electron chi connectivity index (χ0n) is 13.2. The highest BCUT2D eigenvalue weighted by atomic mass is 16.2. The summed E-state index contributed by atoms with van der Waals surface area (Å²) in [5.41, 5.74) is 1.78. The van der Waals surface area contributed by atoms with Crippen LogP contribution in [0.3, 0.4) is 0 Å². The minimum atomic E-state index is -0.170. The van der Waals surface area contributed by atoms with Crippen molar-refractivity contribution in [2.45, 2.75) is 12.8 Å². The number of hydrogen-bond acceptors (Lipinski definition) is 3. The molecule has 2 heterocycles. The highest BCUT2D eigenvalue weighted by Gasteiger charge is 2.16.